The van der Waals surface area contributed by atoms with Crippen molar-refractivity contribution in [1.29, 1.82) is 0 Å². The molecule has 2 aromatic rings. The molecule has 1 aromatic carbocycles. The van der Waals surface area contributed by atoms with Gasteiger partial charge in [-0.25, -0.2) is 4.79 Å². The Morgan fingerprint density at radius 3 is 2.73 bits per heavy atom. The molecule has 0 aliphatic rings. The molecule has 0 spiro atoms. The Morgan fingerprint density at radius 2 is 2.05 bits per heavy atom. The number of carboxylic acid groups (broad SMARTS) is 1. The fraction of sp³-hybridized carbons (Fsp3) is 0.133. The molecule has 2 N–H and O–H groups in total. The molecule has 0 saturated carbocycles. The number of hydrogen-bond donors (Lipinski definition) is 2. The first-order chi connectivity index (χ1) is 10.4. The largest absolute Gasteiger partial charge is 0.477 e. The predicted molar refractivity (Wildman–Crippen MR) is 82.5 cm³/mol. The summed E-state index contributed by atoms with van der Waals surface area (Å²) in [5, 5.41) is 12.0. The van der Waals surface area contributed by atoms with E-state index >= 15 is 0 Å². The SMILES string of the molecule is Cc1ccc(Cl)cc1NC(=O)Cn1cccc(C(=O)O)c1=O. The van der Waals surface area contributed by atoms with E-state index in [0.29, 0.717) is 10.7 Å². The van der Waals surface area contributed by atoms with Crippen molar-refractivity contribution in [3.05, 3.63) is 63.0 Å². The highest BCUT2D eigenvalue weighted by molar-refractivity contribution is 6.31. The number of carbonyl (C=O) groups excluding carboxylic acids is 1. The molecule has 0 unspecified atom stereocenters. The van der Waals surface area contributed by atoms with Gasteiger partial charge in [0.1, 0.15) is 12.1 Å². The van der Waals surface area contributed by atoms with Gasteiger partial charge in [0, 0.05) is 16.9 Å². The monoisotopic (exact) mass is 320 g/mol. The minimum absolute atomic E-state index is 0.286. The third-order valence-corrected chi connectivity index (χ3v) is 3.27. The zero-order valence-electron chi connectivity index (χ0n) is 11.7. The van der Waals surface area contributed by atoms with Crippen molar-refractivity contribution in [2.75, 3.05) is 5.32 Å². The van der Waals surface area contributed by atoms with E-state index in [2.05, 4.69) is 5.32 Å². The summed E-state index contributed by atoms with van der Waals surface area (Å²) >= 11 is 5.87. The third kappa shape index (κ3) is 3.53. The topological polar surface area (TPSA) is 88.4 Å². The van der Waals surface area contributed by atoms with Crippen molar-refractivity contribution < 1.29 is 14.7 Å². The Hall–Kier alpha value is -2.60. The number of carbonyl (C=O) groups is 2. The molecular weight excluding hydrogens is 308 g/mol. The maximum atomic E-state index is 12.0. The molecule has 114 valence electrons. The fourth-order valence-corrected chi connectivity index (χ4v) is 2.07. The van der Waals surface area contributed by atoms with Gasteiger partial charge in [0.2, 0.25) is 5.91 Å². The second-order valence-corrected chi connectivity index (χ2v) is 5.10. The molecule has 1 amide bonds. The van der Waals surface area contributed by atoms with E-state index < -0.39 is 17.4 Å². The summed E-state index contributed by atoms with van der Waals surface area (Å²) in [6, 6.07) is 7.66. The summed E-state index contributed by atoms with van der Waals surface area (Å²) in [6.07, 6.45) is 1.36. The van der Waals surface area contributed by atoms with E-state index in [1.807, 2.05) is 6.92 Å². The average molecular weight is 321 g/mol. The number of nitrogens with one attached hydrogen (secondary N) is 1. The number of amides is 1. The van der Waals surface area contributed by atoms with Crippen molar-refractivity contribution in [2.45, 2.75) is 13.5 Å². The number of anilines is 1. The highest BCUT2D eigenvalue weighted by Crippen LogP contribution is 2.20. The second-order valence-electron chi connectivity index (χ2n) is 4.67. The first kappa shape index (κ1) is 15.8. The molecule has 22 heavy (non-hydrogen) atoms. The van der Waals surface area contributed by atoms with E-state index in [9.17, 15) is 14.4 Å². The highest BCUT2D eigenvalue weighted by Gasteiger charge is 2.12. The molecule has 0 bridgehead atoms. The van der Waals surface area contributed by atoms with Crippen LogP contribution in [0.25, 0.3) is 0 Å². The second kappa shape index (κ2) is 6.44. The van der Waals surface area contributed by atoms with Gasteiger partial charge in [0.15, 0.2) is 0 Å². The van der Waals surface area contributed by atoms with Crippen molar-refractivity contribution in [2.24, 2.45) is 0 Å². The lowest BCUT2D eigenvalue weighted by atomic mass is 10.2. The third-order valence-electron chi connectivity index (χ3n) is 3.04. The fourth-order valence-electron chi connectivity index (χ4n) is 1.90. The number of nitrogens with zero attached hydrogens (tertiary/aromatic N) is 1. The van der Waals surface area contributed by atoms with Crippen LogP contribution in [0.1, 0.15) is 15.9 Å². The first-order valence-electron chi connectivity index (χ1n) is 6.37. The Morgan fingerprint density at radius 1 is 1.32 bits per heavy atom. The number of rotatable bonds is 4. The van der Waals surface area contributed by atoms with Crippen LogP contribution in [0.3, 0.4) is 0 Å². The van der Waals surface area contributed by atoms with Crippen LogP contribution >= 0.6 is 11.6 Å². The number of aromatic carboxylic acids is 1. The molecular formula is C15H13ClN2O4. The Kier molecular flexibility index (Phi) is 4.62. The Labute approximate surface area is 131 Å². The zero-order chi connectivity index (χ0) is 16.3. The molecule has 0 atom stereocenters. The van der Waals surface area contributed by atoms with Crippen molar-refractivity contribution in [3.63, 3.8) is 0 Å². The summed E-state index contributed by atoms with van der Waals surface area (Å²) in [5.41, 5.74) is 0.256. The lowest BCUT2D eigenvalue weighted by Gasteiger charge is -2.10. The van der Waals surface area contributed by atoms with Gasteiger partial charge in [-0.15, -0.1) is 0 Å². The molecule has 0 saturated heterocycles. The number of halogens is 1. The number of carboxylic acids is 1. The maximum Gasteiger partial charge on any atom is 0.341 e. The van der Waals surface area contributed by atoms with E-state index in [0.717, 1.165) is 10.1 Å². The molecule has 0 aliphatic carbocycles. The van der Waals surface area contributed by atoms with E-state index in [4.69, 9.17) is 16.7 Å². The summed E-state index contributed by atoms with van der Waals surface area (Å²) in [4.78, 5) is 34.8. The van der Waals surface area contributed by atoms with Crippen LogP contribution in [0.5, 0.6) is 0 Å². The van der Waals surface area contributed by atoms with Gasteiger partial charge in [-0.05, 0) is 36.8 Å². The minimum atomic E-state index is -1.33. The van der Waals surface area contributed by atoms with Crippen LogP contribution in [-0.4, -0.2) is 21.6 Å². The normalized spacial score (nSPS) is 10.3. The van der Waals surface area contributed by atoms with E-state index in [1.54, 1.807) is 18.2 Å². The zero-order valence-corrected chi connectivity index (χ0v) is 12.4. The lowest BCUT2D eigenvalue weighted by molar-refractivity contribution is -0.116. The molecule has 2 rings (SSSR count). The Balaban J connectivity index is 2.20. The molecule has 1 heterocycles. The van der Waals surface area contributed by atoms with Gasteiger partial charge in [-0.3, -0.25) is 9.59 Å². The lowest BCUT2D eigenvalue weighted by Crippen LogP contribution is -2.30. The van der Waals surface area contributed by atoms with Gasteiger partial charge < -0.3 is 15.0 Å². The summed E-state index contributed by atoms with van der Waals surface area (Å²) < 4.78 is 1.04. The van der Waals surface area contributed by atoms with Crippen LogP contribution in [0.4, 0.5) is 5.69 Å². The van der Waals surface area contributed by atoms with E-state index in [-0.39, 0.29) is 12.1 Å². The van der Waals surface area contributed by atoms with Crippen LogP contribution in [0, 0.1) is 6.92 Å². The highest BCUT2D eigenvalue weighted by atomic mass is 35.5. The Bertz CT molecular complexity index is 798. The van der Waals surface area contributed by atoms with Crippen LogP contribution in [0.15, 0.2) is 41.3 Å². The molecule has 0 radical (unpaired) electrons. The van der Waals surface area contributed by atoms with Crippen molar-refractivity contribution >= 4 is 29.2 Å². The molecule has 1 aromatic heterocycles. The summed E-state index contributed by atoms with van der Waals surface area (Å²) in [6.45, 7) is 1.52. The predicted octanol–water partition coefficient (Wildman–Crippen LogP) is 2.15. The van der Waals surface area contributed by atoms with Crippen molar-refractivity contribution in [1.82, 2.24) is 4.57 Å². The van der Waals surface area contributed by atoms with Gasteiger partial charge in [-0.2, -0.15) is 0 Å². The quantitative estimate of drug-likeness (QED) is 0.903. The maximum absolute atomic E-state index is 12.0. The smallest absolute Gasteiger partial charge is 0.341 e. The number of hydrogen-bond acceptors (Lipinski definition) is 3. The van der Waals surface area contributed by atoms with Gasteiger partial charge >= 0.3 is 5.97 Å². The van der Waals surface area contributed by atoms with Gasteiger partial charge in [0.25, 0.3) is 5.56 Å². The first-order valence-corrected chi connectivity index (χ1v) is 6.75. The van der Waals surface area contributed by atoms with Crippen LogP contribution < -0.4 is 10.9 Å². The number of aromatic nitrogens is 1. The standard InChI is InChI=1S/C15H13ClN2O4/c1-9-4-5-10(16)7-12(9)17-13(19)8-18-6-2-3-11(14(18)20)15(21)22/h2-7H,8H2,1H3,(H,17,19)(H,21,22). The van der Waals surface area contributed by atoms with Gasteiger partial charge in [0.05, 0.1) is 0 Å². The number of pyridine rings is 1. The van der Waals surface area contributed by atoms with E-state index in [1.165, 1.54) is 18.3 Å². The molecule has 0 aliphatic heterocycles. The molecule has 6 nitrogen and oxygen atoms in total. The minimum Gasteiger partial charge on any atom is -0.477 e. The number of benzene rings is 1. The molecule has 0 fully saturated rings. The van der Waals surface area contributed by atoms with Crippen LogP contribution in [-0.2, 0) is 11.3 Å². The van der Waals surface area contributed by atoms with Gasteiger partial charge in [-0.1, -0.05) is 17.7 Å². The summed E-state index contributed by atoms with van der Waals surface area (Å²) in [7, 11) is 0. The molecule has 7 heteroatoms. The number of aryl methyl sites for hydroxylation is 1. The van der Waals surface area contributed by atoms with Crippen LogP contribution in [0.2, 0.25) is 5.02 Å². The average Bonchev–Trinajstić information content (AvgIpc) is 2.45. The van der Waals surface area contributed by atoms with Crippen molar-refractivity contribution in [3.8, 4) is 0 Å². The summed E-state index contributed by atoms with van der Waals surface area (Å²) in [5.74, 6) is -1.78.